The molecule has 1 aromatic carbocycles. The van der Waals surface area contributed by atoms with Crippen LogP contribution in [-0.4, -0.2) is 10.9 Å². The fourth-order valence-electron chi connectivity index (χ4n) is 1.91. The number of amides is 1. The first-order valence-corrected chi connectivity index (χ1v) is 7.69. The zero-order valence-corrected chi connectivity index (χ0v) is 13.8. The van der Waals surface area contributed by atoms with Gasteiger partial charge in [-0.15, -0.1) is 0 Å². The summed E-state index contributed by atoms with van der Waals surface area (Å²) in [6.45, 7) is 2.05. The van der Waals surface area contributed by atoms with Crippen molar-refractivity contribution in [2.75, 3.05) is 11.1 Å². The third kappa shape index (κ3) is 4.19. The van der Waals surface area contributed by atoms with Gasteiger partial charge < -0.3 is 11.1 Å². The second-order valence-electron chi connectivity index (χ2n) is 4.60. The van der Waals surface area contributed by atoms with Crippen molar-refractivity contribution >= 4 is 44.9 Å². The number of benzene rings is 1. The minimum Gasteiger partial charge on any atom is -0.384 e. The third-order valence-electron chi connectivity index (χ3n) is 2.85. The number of nitrogens with zero attached hydrogens (tertiary/aromatic N) is 1. The van der Waals surface area contributed by atoms with E-state index in [0.29, 0.717) is 22.1 Å². The van der Waals surface area contributed by atoms with Crippen molar-refractivity contribution in [3.63, 3.8) is 0 Å². The van der Waals surface area contributed by atoms with Gasteiger partial charge in [-0.25, -0.2) is 4.98 Å². The van der Waals surface area contributed by atoms with Crippen LogP contribution in [0.1, 0.15) is 29.4 Å². The Morgan fingerprint density at radius 2 is 2.14 bits per heavy atom. The predicted octanol–water partition coefficient (Wildman–Crippen LogP) is 4.28. The number of hydrogen-bond donors (Lipinski definition) is 2. The molecule has 2 rings (SSSR count). The summed E-state index contributed by atoms with van der Waals surface area (Å²) in [4.78, 5) is 16.5. The molecular weight excluding hydrogens is 354 g/mol. The molecule has 0 bridgehead atoms. The van der Waals surface area contributed by atoms with Gasteiger partial charge in [0.1, 0.15) is 5.82 Å². The number of pyridine rings is 1. The van der Waals surface area contributed by atoms with E-state index in [4.69, 9.17) is 17.3 Å². The SMILES string of the molecule is CCCc1cc(C(=O)Nc2ccc(Br)cc2Cl)cc(N)n1. The van der Waals surface area contributed by atoms with Gasteiger partial charge in [0.05, 0.1) is 10.7 Å². The Hall–Kier alpha value is -1.59. The molecule has 4 nitrogen and oxygen atoms in total. The summed E-state index contributed by atoms with van der Waals surface area (Å²) in [6.07, 6.45) is 1.72. The van der Waals surface area contributed by atoms with Crippen molar-refractivity contribution in [3.8, 4) is 0 Å². The monoisotopic (exact) mass is 367 g/mol. The Morgan fingerprint density at radius 3 is 2.81 bits per heavy atom. The summed E-state index contributed by atoms with van der Waals surface area (Å²) in [5, 5.41) is 3.24. The molecule has 21 heavy (non-hydrogen) atoms. The maximum atomic E-state index is 12.3. The zero-order chi connectivity index (χ0) is 15.4. The summed E-state index contributed by atoms with van der Waals surface area (Å²) >= 11 is 9.41. The minimum absolute atomic E-state index is 0.259. The molecule has 1 heterocycles. The number of carbonyl (C=O) groups is 1. The molecule has 3 N–H and O–H groups in total. The average Bonchev–Trinajstić information content (AvgIpc) is 2.41. The Kier molecular flexibility index (Phi) is 5.20. The van der Waals surface area contributed by atoms with Gasteiger partial charge in [0, 0.05) is 15.7 Å². The molecule has 0 aliphatic rings. The molecule has 0 aliphatic heterocycles. The van der Waals surface area contributed by atoms with Gasteiger partial charge in [0.15, 0.2) is 0 Å². The smallest absolute Gasteiger partial charge is 0.255 e. The van der Waals surface area contributed by atoms with Gasteiger partial charge in [-0.3, -0.25) is 4.79 Å². The molecular formula is C15H15BrClN3O. The molecule has 0 fully saturated rings. The maximum absolute atomic E-state index is 12.3. The summed E-state index contributed by atoms with van der Waals surface area (Å²) < 4.78 is 0.851. The molecule has 2 aromatic rings. The van der Waals surface area contributed by atoms with Crippen LogP contribution in [0.4, 0.5) is 11.5 Å². The first kappa shape index (κ1) is 15.8. The maximum Gasteiger partial charge on any atom is 0.255 e. The van der Waals surface area contributed by atoms with Crippen LogP contribution in [0.25, 0.3) is 0 Å². The second-order valence-corrected chi connectivity index (χ2v) is 5.92. The van der Waals surface area contributed by atoms with Crippen molar-refractivity contribution in [3.05, 3.63) is 51.1 Å². The lowest BCUT2D eigenvalue weighted by molar-refractivity contribution is 0.102. The van der Waals surface area contributed by atoms with Gasteiger partial charge in [0.25, 0.3) is 5.91 Å². The third-order valence-corrected chi connectivity index (χ3v) is 3.65. The molecule has 0 unspecified atom stereocenters. The topological polar surface area (TPSA) is 68.0 Å². The molecule has 6 heteroatoms. The van der Waals surface area contributed by atoms with Gasteiger partial charge >= 0.3 is 0 Å². The van der Waals surface area contributed by atoms with E-state index in [-0.39, 0.29) is 5.91 Å². The zero-order valence-electron chi connectivity index (χ0n) is 11.5. The number of nitrogens with two attached hydrogens (primary N) is 1. The van der Waals surface area contributed by atoms with Crippen molar-refractivity contribution in [1.29, 1.82) is 0 Å². The van der Waals surface area contributed by atoms with Crippen molar-refractivity contribution in [1.82, 2.24) is 4.98 Å². The Bertz CT molecular complexity index is 676. The molecule has 0 spiro atoms. The quantitative estimate of drug-likeness (QED) is 0.846. The highest BCUT2D eigenvalue weighted by molar-refractivity contribution is 9.10. The number of nitrogens with one attached hydrogen (secondary N) is 1. The lowest BCUT2D eigenvalue weighted by Gasteiger charge is -2.09. The molecule has 0 radical (unpaired) electrons. The predicted molar refractivity (Wildman–Crippen MR) is 89.7 cm³/mol. The highest BCUT2D eigenvalue weighted by Gasteiger charge is 2.11. The number of nitrogen functional groups attached to an aromatic ring is 1. The Balaban J connectivity index is 2.23. The largest absolute Gasteiger partial charge is 0.384 e. The van der Waals surface area contributed by atoms with Crippen LogP contribution in [-0.2, 0) is 6.42 Å². The first-order valence-electron chi connectivity index (χ1n) is 6.52. The van der Waals surface area contributed by atoms with Crippen LogP contribution < -0.4 is 11.1 Å². The van der Waals surface area contributed by atoms with Crippen LogP contribution >= 0.6 is 27.5 Å². The number of aromatic nitrogens is 1. The summed E-state index contributed by atoms with van der Waals surface area (Å²) in [6, 6.07) is 8.58. The van der Waals surface area contributed by atoms with Crippen molar-refractivity contribution in [2.24, 2.45) is 0 Å². The normalized spacial score (nSPS) is 10.4. The van der Waals surface area contributed by atoms with Crippen LogP contribution in [0.3, 0.4) is 0 Å². The number of aryl methyl sites for hydroxylation is 1. The van der Waals surface area contributed by atoms with Crippen molar-refractivity contribution < 1.29 is 4.79 Å². The Labute approximate surface area is 136 Å². The first-order chi connectivity index (χ1) is 9.99. The van der Waals surface area contributed by atoms with Crippen molar-refractivity contribution in [2.45, 2.75) is 19.8 Å². The summed E-state index contributed by atoms with van der Waals surface area (Å²) in [7, 11) is 0. The highest BCUT2D eigenvalue weighted by Crippen LogP contribution is 2.26. The standard InChI is InChI=1S/C15H15BrClN3O/c1-2-3-11-6-9(7-14(18)19-11)15(21)20-13-5-4-10(16)8-12(13)17/h4-8H,2-3H2,1H3,(H2,18,19)(H,20,21). The molecule has 110 valence electrons. The van der Waals surface area contributed by atoms with Crippen LogP contribution in [0, 0.1) is 0 Å². The van der Waals surface area contributed by atoms with E-state index in [0.717, 1.165) is 23.0 Å². The van der Waals surface area contributed by atoms with E-state index >= 15 is 0 Å². The van der Waals surface area contributed by atoms with Gasteiger partial charge in [-0.05, 0) is 36.8 Å². The molecule has 0 atom stereocenters. The Morgan fingerprint density at radius 1 is 1.38 bits per heavy atom. The minimum atomic E-state index is -0.259. The number of carbonyl (C=O) groups excluding carboxylic acids is 1. The fraction of sp³-hybridized carbons (Fsp3) is 0.200. The fourth-order valence-corrected chi connectivity index (χ4v) is 2.63. The lowest BCUT2D eigenvalue weighted by Crippen LogP contribution is -2.13. The second kappa shape index (κ2) is 6.91. The van der Waals surface area contributed by atoms with E-state index in [1.54, 1.807) is 24.3 Å². The molecule has 0 saturated carbocycles. The molecule has 1 aromatic heterocycles. The molecule has 0 aliphatic carbocycles. The van der Waals surface area contributed by atoms with Gasteiger partial charge in [-0.1, -0.05) is 40.9 Å². The van der Waals surface area contributed by atoms with E-state index in [1.165, 1.54) is 0 Å². The van der Waals surface area contributed by atoms with Gasteiger partial charge in [0.2, 0.25) is 0 Å². The summed E-state index contributed by atoms with van der Waals surface area (Å²) in [5.74, 6) is 0.0821. The number of anilines is 2. The molecule has 0 saturated heterocycles. The number of halogens is 2. The number of rotatable bonds is 4. The number of hydrogen-bond acceptors (Lipinski definition) is 3. The van der Waals surface area contributed by atoms with Crippen LogP contribution in [0.15, 0.2) is 34.8 Å². The van der Waals surface area contributed by atoms with Gasteiger partial charge in [-0.2, -0.15) is 0 Å². The molecule has 1 amide bonds. The lowest BCUT2D eigenvalue weighted by atomic mass is 10.1. The van der Waals surface area contributed by atoms with Crippen LogP contribution in [0.2, 0.25) is 5.02 Å². The highest BCUT2D eigenvalue weighted by atomic mass is 79.9. The van der Waals surface area contributed by atoms with E-state index < -0.39 is 0 Å². The van der Waals surface area contributed by atoms with E-state index in [2.05, 4.69) is 26.2 Å². The van der Waals surface area contributed by atoms with E-state index in [9.17, 15) is 4.79 Å². The van der Waals surface area contributed by atoms with E-state index in [1.807, 2.05) is 13.0 Å². The summed E-state index contributed by atoms with van der Waals surface area (Å²) in [5.41, 5.74) is 7.59. The average molecular weight is 369 g/mol. The van der Waals surface area contributed by atoms with Crippen LogP contribution in [0.5, 0.6) is 0 Å².